The van der Waals surface area contributed by atoms with E-state index in [1.807, 2.05) is 24.3 Å². The Balaban J connectivity index is 1.68. The lowest BCUT2D eigenvalue weighted by molar-refractivity contribution is -0.125. The van der Waals surface area contributed by atoms with Gasteiger partial charge in [-0.25, -0.2) is 8.42 Å². The second-order valence-corrected chi connectivity index (χ2v) is 9.40. The molecular formula is C22H28N4O4S. The molecule has 2 aromatic rings. The van der Waals surface area contributed by atoms with Crippen molar-refractivity contribution in [2.75, 3.05) is 25.0 Å². The molecular weight excluding hydrogens is 416 g/mol. The zero-order valence-electron chi connectivity index (χ0n) is 17.7. The fourth-order valence-corrected chi connectivity index (χ4v) is 5.29. The van der Waals surface area contributed by atoms with Crippen molar-refractivity contribution >= 4 is 27.5 Å². The van der Waals surface area contributed by atoms with Crippen LogP contribution in [0.1, 0.15) is 25.0 Å². The number of nitrogens with one attached hydrogen (secondary N) is 1. The van der Waals surface area contributed by atoms with Crippen LogP contribution < -0.4 is 11.1 Å². The van der Waals surface area contributed by atoms with Crippen molar-refractivity contribution in [1.29, 1.82) is 0 Å². The highest BCUT2D eigenvalue weighted by atomic mass is 32.2. The largest absolute Gasteiger partial charge is 0.368 e. The molecule has 8 nitrogen and oxygen atoms in total. The molecule has 0 saturated carbocycles. The number of anilines is 1. The Morgan fingerprint density at radius 3 is 2.26 bits per heavy atom. The third kappa shape index (κ3) is 5.12. The van der Waals surface area contributed by atoms with Crippen LogP contribution in [-0.2, 0) is 32.6 Å². The van der Waals surface area contributed by atoms with Crippen LogP contribution in [0.3, 0.4) is 0 Å². The number of carbonyl (C=O) groups excluding carboxylic acids is 2. The molecule has 1 aliphatic heterocycles. The number of carbonyl (C=O) groups is 2. The quantitative estimate of drug-likeness (QED) is 0.642. The predicted octanol–water partition coefficient (Wildman–Crippen LogP) is 1.57. The van der Waals surface area contributed by atoms with Crippen molar-refractivity contribution in [2.24, 2.45) is 5.73 Å². The van der Waals surface area contributed by atoms with E-state index in [2.05, 4.69) is 5.32 Å². The van der Waals surface area contributed by atoms with Crippen LogP contribution in [0.4, 0.5) is 5.69 Å². The SMILES string of the molecule is CCN(CC)S(=O)(=O)c1ccc(NC(=O)CN2Cc3ccccc3CC2C(N)=O)cc1. The molecule has 0 fully saturated rings. The van der Waals surface area contributed by atoms with E-state index < -0.39 is 22.0 Å². The molecule has 0 aromatic heterocycles. The van der Waals surface area contributed by atoms with Crippen LogP contribution in [0.5, 0.6) is 0 Å². The number of rotatable bonds is 8. The van der Waals surface area contributed by atoms with Gasteiger partial charge in [0, 0.05) is 25.3 Å². The Labute approximate surface area is 183 Å². The lowest BCUT2D eigenvalue weighted by Gasteiger charge is -2.34. The summed E-state index contributed by atoms with van der Waals surface area (Å²) >= 11 is 0. The maximum Gasteiger partial charge on any atom is 0.243 e. The van der Waals surface area contributed by atoms with E-state index in [0.717, 1.165) is 11.1 Å². The molecule has 2 aromatic carbocycles. The van der Waals surface area contributed by atoms with Crippen molar-refractivity contribution in [3.63, 3.8) is 0 Å². The lowest BCUT2D eigenvalue weighted by Crippen LogP contribution is -2.50. The number of benzene rings is 2. The Morgan fingerprint density at radius 1 is 1.06 bits per heavy atom. The van der Waals surface area contributed by atoms with Crippen molar-refractivity contribution in [3.05, 3.63) is 59.7 Å². The molecule has 1 atom stereocenters. The van der Waals surface area contributed by atoms with Crippen molar-refractivity contribution in [1.82, 2.24) is 9.21 Å². The van der Waals surface area contributed by atoms with Crippen molar-refractivity contribution in [2.45, 2.75) is 37.8 Å². The lowest BCUT2D eigenvalue weighted by atomic mass is 9.93. The number of nitrogens with two attached hydrogens (primary N) is 1. The number of hydrogen-bond acceptors (Lipinski definition) is 5. The fourth-order valence-electron chi connectivity index (χ4n) is 3.83. The van der Waals surface area contributed by atoms with Gasteiger partial charge in [-0.15, -0.1) is 0 Å². The van der Waals surface area contributed by atoms with Crippen LogP contribution in [0.25, 0.3) is 0 Å². The first-order chi connectivity index (χ1) is 14.8. The molecule has 0 aliphatic carbocycles. The van der Waals surface area contributed by atoms with Crippen LogP contribution in [0.2, 0.25) is 0 Å². The van der Waals surface area contributed by atoms with Gasteiger partial charge in [-0.05, 0) is 41.8 Å². The summed E-state index contributed by atoms with van der Waals surface area (Å²) < 4.78 is 26.5. The monoisotopic (exact) mass is 444 g/mol. The average molecular weight is 445 g/mol. The highest BCUT2D eigenvalue weighted by Crippen LogP contribution is 2.23. The van der Waals surface area contributed by atoms with Gasteiger partial charge in [0.1, 0.15) is 0 Å². The van der Waals surface area contributed by atoms with E-state index >= 15 is 0 Å². The molecule has 0 bridgehead atoms. The summed E-state index contributed by atoms with van der Waals surface area (Å²) in [6.45, 7) is 4.80. The molecule has 0 spiro atoms. The molecule has 1 unspecified atom stereocenters. The summed E-state index contributed by atoms with van der Waals surface area (Å²) in [6, 6.07) is 13.3. The molecule has 31 heavy (non-hydrogen) atoms. The Kier molecular flexibility index (Phi) is 7.09. The molecule has 3 rings (SSSR count). The van der Waals surface area contributed by atoms with Gasteiger partial charge >= 0.3 is 0 Å². The molecule has 0 radical (unpaired) electrons. The first-order valence-corrected chi connectivity index (χ1v) is 11.7. The summed E-state index contributed by atoms with van der Waals surface area (Å²) in [5.74, 6) is -0.766. The van der Waals surface area contributed by atoms with E-state index in [-0.39, 0.29) is 17.3 Å². The van der Waals surface area contributed by atoms with E-state index in [1.54, 1.807) is 30.9 Å². The molecule has 1 aliphatic rings. The second kappa shape index (κ2) is 9.59. The summed E-state index contributed by atoms with van der Waals surface area (Å²) in [7, 11) is -3.55. The minimum atomic E-state index is -3.55. The van der Waals surface area contributed by atoms with Gasteiger partial charge in [-0.1, -0.05) is 38.1 Å². The van der Waals surface area contributed by atoms with Crippen LogP contribution in [-0.4, -0.2) is 55.1 Å². The maximum absolute atomic E-state index is 12.6. The summed E-state index contributed by atoms with van der Waals surface area (Å²) in [6.07, 6.45) is 0.469. The molecule has 2 amide bonds. The van der Waals surface area contributed by atoms with Gasteiger partial charge < -0.3 is 11.1 Å². The number of amides is 2. The Bertz CT molecular complexity index is 1050. The summed E-state index contributed by atoms with van der Waals surface area (Å²) in [5, 5.41) is 2.77. The van der Waals surface area contributed by atoms with Crippen LogP contribution >= 0.6 is 0 Å². The normalized spacial score (nSPS) is 16.7. The van der Waals surface area contributed by atoms with Gasteiger partial charge in [0.15, 0.2) is 0 Å². The van der Waals surface area contributed by atoms with E-state index in [1.165, 1.54) is 16.4 Å². The van der Waals surface area contributed by atoms with Crippen LogP contribution in [0.15, 0.2) is 53.4 Å². The van der Waals surface area contributed by atoms with Crippen molar-refractivity contribution in [3.8, 4) is 0 Å². The first-order valence-electron chi connectivity index (χ1n) is 10.3. The first kappa shape index (κ1) is 22.9. The summed E-state index contributed by atoms with van der Waals surface area (Å²) in [4.78, 5) is 26.5. The minimum Gasteiger partial charge on any atom is -0.368 e. The van der Waals surface area contributed by atoms with Gasteiger partial charge in [0.25, 0.3) is 0 Å². The number of primary amides is 1. The maximum atomic E-state index is 12.6. The topological polar surface area (TPSA) is 113 Å². The Morgan fingerprint density at radius 2 is 1.68 bits per heavy atom. The molecule has 9 heteroatoms. The van der Waals surface area contributed by atoms with E-state index in [4.69, 9.17) is 5.73 Å². The summed E-state index contributed by atoms with van der Waals surface area (Å²) in [5.41, 5.74) is 8.19. The standard InChI is InChI=1S/C22H28N4O4S/c1-3-26(4-2)31(29,30)19-11-9-18(10-12-19)24-21(27)15-25-14-17-8-6-5-7-16(17)13-20(25)22(23)28/h5-12,20H,3-4,13-15H2,1-2H3,(H2,23,28)(H,24,27). The van der Waals surface area contributed by atoms with Crippen molar-refractivity contribution < 1.29 is 18.0 Å². The van der Waals surface area contributed by atoms with Crippen LogP contribution in [0, 0.1) is 0 Å². The van der Waals surface area contributed by atoms with Gasteiger partial charge in [0.05, 0.1) is 17.5 Å². The highest BCUT2D eigenvalue weighted by Gasteiger charge is 2.31. The average Bonchev–Trinajstić information content (AvgIpc) is 2.74. The zero-order valence-corrected chi connectivity index (χ0v) is 18.6. The number of sulfonamides is 1. The van der Waals surface area contributed by atoms with Gasteiger partial charge in [0.2, 0.25) is 21.8 Å². The Hall–Kier alpha value is -2.75. The minimum absolute atomic E-state index is 0.00143. The molecule has 166 valence electrons. The third-order valence-corrected chi connectivity index (χ3v) is 7.57. The van der Waals surface area contributed by atoms with Gasteiger partial charge in [-0.2, -0.15) is 4.31 Å². The zero-order chi connectivity index (χ0) is 22.6. The van der Waals surface area contributed by atoms with E-state index in [0.29, 0.717) is 31.7 Å². The molecule has 3 N–H and O–H groups in total. The predicted molar refractivity (Wildman–Crippen MR) is 119 cm³/mol. The highest BCUT2D eigenvalue weighted by molar-refractivity contribution is 7.89. The molecule has 1 heterocycles. The smallest absolute Gasteiger partial charge is 0.243 e. The third-order valence-electron chi connectivity index (χ3n) is 5.50. The second-order valence-electron chi connectivity index (χ2n) is 7.46. The number of fused-ring (bicyclic) bond motifs is 1. The number of nitrogens with zero attached hydrogens (tertiary/aromatic N) is 2. The van der Waals surface area contributed by atoms with E-state index in [9.17, 15) is 18.0 Å². The fraction of sp³-hybridized carbons (Fsp3) is 0.364. The molecule has 0 saturated heterocycles. The number of hydrogen-bond donors (Lipinski definition) is 2. The van der Waals surface area contributed by atoms with Gasteiger partial charge in [-0.3, -0.25) is 14.5 Å².